The predicted molar refractivity (Wildman–Crippen MR) is 55.1 cm³/mol. The highest BCUT2D eigenvalue weighted by molar-refractivity contribution is 5.47. The molecule has 0 aliphatic carbocycles. The molecule has 0 aliphatic rings. The predicted octanol–water partition coefficient (Wildman–Crippen LogP) is 0.793. The van der Waals surface area contributed by atoms with Gasteiger partial charge in [0, 0.05) is 12.6 Å². The molecule has 0 amide bonds. The van der Waals surface area contributed by atoms with Gasteiger partial charge < -0.3 is 5.73 Å². The van der Waals surface area contributed by atoms with Gasteiger partial charge in [0.2, 0.25) is 0 Å². The van der Waals surface area contributed by atoms with E-state index in [-0.39, 0.29) is 0 Å². The highest BCUT2D eigenvalue weighted by Crippen LogP contribution is 2.09. The summed E-state index contributed by atoms with van der Waals surface area (Å²) in [6, 6.07) is 4.03. The minimum absolute atomic E-state index is 0.647. The van der Waals surface area contributed by atoms with E-state index in [1.54, 1.807) is 0 Å². The number of hydrogen-bond donors (Lipinski definition) is 1. The van der Waals surface area contributed by atoms with Gasteiger partial charge in [-0.2, -0.15) is 5.10 Å². The van der Waals surface area contributed by atoms with E-state index in [1.165, 1.54) is 5.56 Å². The van der Waals surface area contributed by atoms with Gasteiger partial charge >= 0.3 is 0 Å². The Labute approximate surface area is 82.8 Å². The van der Waals surface area contributed by atoms with Crippen molar-refractivity contribution in [3.63, 3.8) is 0 Å². The highest BCUT2D eigenvalue weighted by atomic mass is 15.3. The highest BCUT2D eigenvalue weighted by Gasteiger charge is 2.05. The zero-order valence-electron chi connectivity index (χ0n) is 8.27. The van der Waals surface area contributed by atoms with Crippen molar-refractivity contribution in [2.45, 2.75) is 19.8 Å². The Morgan fingerprint density at radius 3 is 3.07 bits per heavy atom. The Bertz CT molecular complexity index is 433. The monoisotopic (exact) mass is 190 g/mol. The van der Waals surface area contributed by atoms with E-state index in [0.717, 1.165) is 24.3 Å². The van der Waals surface area contributed by atoms with E-state index in [9.17, 15) is 0 Å². The number of aromatic nitrogens is 3. The fourth-order valence-electron chi connectivity index (χ4n) is 1.51. The summed E-state index contributed by atoms with van der Waals surface area (Å²) in [5.74, 6) is 0.884. The van der Waals surface area contributed by atoms with Gasteiger partial charge in [0.05, 0.1) is 0 Å². The molecule has 14 heavy (non-hydrogen) atoms. The molecule has 0 fully saturated rings. The number of pyridine rings is 1. The van der Waals surface area contributed by atoms with Crippen LogP contribution in [0.3, 0.4) is 0 Å². The molecule has 2 N–H and O–H groups in total. The lowest BCUT2D eigenvalue weighted by atomic mass is 10.2. The van der Waals surface area contributed by atoms with Crippen LogP contribution in [0.1, 0.15) is 18.3 Å². The van der Waals surface area contributed by atoms with Crippen molar-refractivity contribution in [2.75, 3.05) is 6.54 Å². The minimum atomic E-state index is 0.647. The molecular weight excluding hydrogens is 176 g/mol. The number of nitrogens with two attached hydrogens (primary N) is 1. The van der Waals surface area contributed by atoms with Gasteiger partial charge in [0.1, 0.15) is 0 Å². The Hall–Kier alpha value is -1.42. The zero-order valence-corrected chi connectivity index (χ0v) is 8.27. The van der Waals surface area contributed by atoms with Crippen LogP contribution in [0.25, 0.3) is 5.65 Å². The van der Waals surface area contributed by atoms with Gasteiger partial charge in [-0.3, -0.25) is 0 Å². The van der Waals surface area contributed by atoms with Crippen molar-refractivity contribution in [3.8, 4) is 0 Å². The normalized spacial score (nSPS) is 11.0. The van der Waals surface area contributed by atoms with Gasteiger partial charge in [-0.05, 0) is 24.6 Å². The van der Waals surface area contributed by atoms with Crippen molar-refractivity contribution in [2.24, 2.45) is 5.73 Å². The van der Waals surface area contributed by atoms with Crippen LogP contribution in [-0.4, -0.2) is 21.1 Å². The number of rotatable bonds is 3. The molecule has 2 aromatic heterocycles. The first-order valence-electron chi connectivity index (χ1n) is 4.88. The van der Waals surface area contributed by atoms with Crippen LogP contribution in [0.4, 0.5) is 0 Å². The van der Waals surface area contributed by atoms with Gasteiger partial charge in [0.15, 0.2) is 11.5 Å². The molecular formula is C10H14N4. The third kappa shape index (κ3) is 1.48. The maximum atomic E-state index is 5.53. The summed E-state index contributed by atoms with van der Waals surface area (Å²) in [7, 11) is 0. The van der Waals surface area contributed by atoms with Gasteiger partial charge in [-0.15, -0.1) is 0 Å². The third-order valence-corrected chi connectivity index (χ3v) is 2.22. The summed E-state index contributed by atoms with van der Waals surface area (Å²) in [4.78, 5) is 4.45. The summed E-state index contributed by atoms with van der Waals surface area (Å²) in [5, 5.41) is 4.34. The molecule has 4 heteroatoms. The summed E-state index contributed by atoms with van der Waals surface area (Å²) >= 11 is 0. The fourth-order valence-corrected chi connectivity index (χ4v) is 1.51. The first-order valence-corrected chi connectivity index (χ1v) is 4.88. The Kier molecular flexibility index (Phi) is 2.45. The van der Waals surface area contributed by atoms with E-state index in [2.05, 4.69) is 23.1 Å². The van der Waals surface area contributed by atoms with Crippen LogP contribution in [-0.2, 0) is 12.8 Å². The van der Waals surface area contributed by atoms with E-state index in [1.807, 2.05) is 16.8 Å². The second kappa shape index (κ2) is 3.75. The number of fused-ring (bicyclic) bond motifs is 1. The molecule has 0 aromatic carbocycles. The van der Waals surface area contributed by atoms with E-state index < -0.39 is 0 Å². The lowest BCUT2D eigenvalue weighted by Gasteiger charge is -1.98. The molecule has 2 aromatic rings. The first kappa shape index (κ1) is 9.15. The van der Waals surface area contributed by atoms with Crippen molar-refractivity contribution in [1.29, 1.82) is 0 Å². The smallest absolute Gasteiger partial charge is 0.158 e. The molecule has 0 saturated carbocycles. The maximum absolute atomic E-state index is 5.53. The summed E-state index contributed by atoms with van der Waals surface area (Å²) in [6.45, 7) is 2.70. The molecule has 0 bridgehead atoms. The molecule has 0 saturated heterocycles. The van der Waals surface area contributed by atoms with Crippen molar-refractivity contribution in [1.82, 2.24) is 14.6 Å². The van der Waals surface area contributed by atoms with Gasteiger partial charge in [-0.25, -0.2) is 9.50 Å². The molecule has 2 heterocycles. The number of aryl methyl sites for hydroxylation is 1. The molecule has 0 spiro atoms. The van der Waals surface area contributed by atoms with E-state index >= 15 is 0 Å². The Morgan fingerprint density at radius 2 is 2.36 bits per heavy atom. The molecule has 0 atom stereocenters. The average Bonchev–Trinajstić information content (AvgIpc) is 2.62. The SMILES string of the molecule is CCc1nc2c(CCN)cccn2n1. The largest absolute Gasteiger partial charge is 0.330 e. The average molecular weight is 190 g/mol. The van der Waals surface area contributed by atoms with Crippen molar-refractivity contribution >= 4 is 5.65 Å². The van der Waals surface area contributed by atoms with Crippen LogP contribution < -0.4 is 5.73 Å². The zero-order chi connectivity index (χ0) is 9.97. The van der Waals surface area contributed by atoms with Crippen molar-refractivity contribution in [3.05, 3.63) is 29.7 Å². The van der Waals surface area contributed by atoms with Crippen LogP contribution >= 0.6 is 0 Å². The van der Waals surface area contributed by atoms with Gasteiger partial charge in [0.25, 0.3) is 0 Å². The number of hydrogen-bond acceptors (Lipinski definition) is 3. The summed E-state index contributed by atoms with van der Waals surface area (Å²) in [5.41, 5.74) is 7.64. The topological polar surface area (TPSA) is 56.2 Å². The van der Waals surface area contributed by atoms with Gasteiger partial charge in [-0.1, -0.05) is 13.0 Å². The maximum Gasteiger partial charge on any atom is 0.158 e. The molecule has 4 nitrogen and oxygen atoms in total. The molecule has 0 unspecified atom stereocenters. The first-order chi connectivity index (χ1) is 6.85. The second-order valence-corrected chi connectivity index (χ2v) is 3.22. The quantitative estimate of drug-likeness (QED) is 0.778. The lowest BCUT2D eigenvalue weighted by Crippen LogP contribution is -2.04. The third-order valence-electron chi connectivity index (χ3n) is 2.22. The van der Waals surface area contributed by atoms with Crippen LogP contribution in [0.2, 0.25) is 0 Å². The van der Waals surface area contributed by atoms with Crippen LogP contribution in [0, 0.1) is 0 Å². The fraction of sp³-hybridized carbons (Fsp3) is 0.400. The van der Waals surface area contributed by atoms with Crippen LogP contribution in [0.5, 0.6) is 0 Å². The van der Waals surface area contributed by atoms with Crippen molar-refractivity contribution < 1.29 is 0 Å². The summed E-state index contributed by atoms with van der Waals surface area (Å²) in [6.07, 6.45) is 3.64. The second-order valence-electron chi connectivity index (χ2n) is 3.22. The molecule has 0 radical (unpaired) electrons. The Morgan fingerprint density at radius 1 is 1.50 bits per heavy atom. The number of nitrogens with zero attached hydrogens (tertiary/aromatic N) is 3. The summed E-state index contributed by atoms with van der Waals surface area (Å²) < 4.78 is 1.82. The standard InChI is InChI=1S/C10H14N4/c1-2-9-12-10-8(5-6-11)4-3-7-14(10)13-9/h3-4,7H,2,5-6,11H2,1H3. The van der Waals surface area contributed by atoms with E-state index in [0.29, 0.717) is 6.54 Å². The lowest BCUT2D eigenvalue weighted by molar-refractivity contribution is 0.879. The minimum Gasteiger partial charge on any atom is -0.330 e. The molecule has 2 rings (SSSR count). The molecule has 0 aliphatic heterocycles. The van der Waals surface area contributed by atoms with Crippen LogP contribution in [0.15, 0.2) is 18.3 Å². The Balaban J connectivity index is 2.55. The molecule has 74 valence electrons. The van der Waals surface area contributed by atoms with E-state index in [4.69, 9.17) is 5.73 Å².